The highest BCUT2D eigenvalue weighted by molar-refractivity contribution is 7.98. The number of aromatic amines is 1. The van der Waals surface area contributed by atoms with Crippen molar-refractivity contribution in [2.24, 2.45) is 0 Å². The molecule has 0 amide bonds. The van der Waals surface area contributed by atoms with Crippen molar-refractivity contribution in [1.82, 2.24) is 9.97 Å². The van der Waals surface area contributed by atoms with Crippen LogP contribution in [0.5, 0.6) is 5.88 Å². The summed E-state index contributed by atoms with van der Waals surface area (Å²) in [4.78, 5) is 18.4. The Labute approximate surface area is 119 Å². The molecule has 5 nitrogen and oxygen atoms in total. The van der Waals surface area contributed by atoms with Gasteiger partial charge in [-0.05, 0) is 18.4 Å². The van der Waals surface area contributed by atoms with Crippen LogP contribution in [-0.2, 0) is 0 Å². The molecule has 0 saturated heterocycles. The van der Waals surface area contributed by atoms with E-state index in [9.17, 15) is 9.90 Å². The summed E-state index contributed by atoms with van der Waals surface area (Å²) in [7, 11) is 0. The summed E-state index contributed by atoms with van der Waals surface area (Å²) in [5, 5.41) is 13.0. The lowest BCUT2D eigenvalue weighted by molar-refractivity contribution is 0.443. The molecule has 0 atom stereocenters. The minimum absolute atomic E-state index is 0.0309. The molecule has 0 aliphatic heterocycles. The molecule has 0 radical (unpaired) electrons. The molecule has 0 aliphatic carbocycles. The van der Waals surface area contributed by atoms with Crippen LogP contribution in [0.1, 0.15) is 5.56 Å². The van der Waals surface area contributed by atoms with E-state index in [0.717, 1.165) is 5.69 Å². The van der Waals surface area contributed by atoms with E-state index in [1.165, 1.54) is 11.8 Å². The Morgan fingerprint density at radius 2 is 2.11 bits per heavy atom. The van der Waals surface area contributed by atoms with Crippen molar-refractivity contribution in [2.75, 3.05) is 11.6 Å². The van der Waals surface area contributed by atoms with Crippen molar-refractivity contribution in [2.45, 2.75) is 5.16 Å². The molecule has 0 unspecified atom stereocenters. The van der Waals surface area contributed by atoms with Gasteiger partial charge >= 0.3 is 0 Å². The monoisotopic (exact) mass is 293 g/mol. The highest BCUT2D eigenvalue weighted by Gasteiger charge is 2.15. The fraction of sp³-hybridized carbons (Fsp3) is 0.0833. The lowest BCUT2D eigenvalue weighted by Gasteiger charge is -2.08. The van der Waals surface area contributed by atoms with Crippen molar-refractivity contribution in [3.8, 4) is 5.88 Å². The first-order valence-corrected chi connectivity index (χ1v) is 6.99. The number of H-pyrrole nitrogens is 1. The number of benzene rings is 1. The van der Waals surface area contributed by atoms with Gasteiger partial charge in [0.1, 0.15) is 10.6 Å². The molecule has 0 bridgehead atoms. The van der Waals surface area contributed by atoms with Crippen LogP contribution >= 0.6 is 24.0 Å². The summed E-state index contributed by atoms with van der Waals surface area (Å²) in [5.41, 5.74) is 0.238. The normalized spacial score (nSPS) is 10.2. The van der Waals surface area contributed by atoms with Crippen molar-refractivity contribution in [3.05, 3.63) is 46.2 Å². The first-order valence-electron chi connectivity index (χ1n) is 5.35. The van der Waals surface area contributed by atoms with E-state index < -0.39 is 5.56 Å². The summed E-state index contributed by atoms with van der Waals surface area (Å²) in [6.07, 6.45) is 1.75. The largest absolute Gasteiger partial charge is 0.493 e. The van der Waals surface area contributed by atoms with E-state index in [1.54, 1.807) is 18.4 Å². The first-order chi connectivity index (χ1) is 9.11. The topological polar surface area (TPSA) is 78.0 Å². The van der Waals surface area contributed by atoms with Crippen molar-refractivity contribution >= 4 is 34.7 Å². The molecule has 0 fully saturated rings. The third-order valence-electron chi connectivity index (χ3n) is 2.33. The summed E-state index contributed by atoms with van der Waals surface area (Å²) in [6.45, 7) is 0. The van der Waals surface area contributed by atoms with Gasteiger partial charge in [0.25, 0.3) is 5.56 Å². The Balaban J connectivity index is 2.32. The van der Waals surface area contributed by atoms with Gasteiger partial charge in [0, 0.05) is 5.69 Å². The fourth-order valence-corrected chi connectivity index (χ4v) is 2.13. The standard InChI is InChI=1S/C12H11N3O2S2/c1-19-12-14-9(16)8(10(17)15-12)11(18)13-7-5-3-2-4-6-7/h2-6H,1H3,(H,13,18)(H2,14,15,16,17). The van der Waals surface area contributed by atoms with Gasteiger partial charge in [-0.3, -0.25) is 4.79 Å². The quantitative estimate of drug-likeness (QED) is 0.456. The van der Waals surface area contributed by atoms with Crippen LogP contribution in [-0.4, -0.2) is 26.3 Å². The second-order valence-electron chi connectivity index (χ2n) is 3.59. The van der Waals surface area contributed by atoms with Gasteiger partial charge in [-0.1, -0.05) is 42.2 Å². The summed E-state index contributed by atoms with van der Waals surface area (Å²) in [6, 6.07) is 9.16. The molecular weight excluding hydrogens is 282 g/mol. The maximum absolute atomic E-state index is 11.9. The van der Waals surface area contributed by atoms with Crippen LogP contribution in [0.15, 0.2) is 40.3 Å². The molecule has 1 aromatic carbocycles. The van der Waals surface area contributed by atoms with Crippen molar-refractivity contribution in [1.29, 1.82) is 0 Å². The number of nitrogens with one attached hydrogen (secondary N) is 2. The molecule has 98 valence electrons. The molecule has 1 aromatic heterocycles. The average molecular weight is 293 g/mol. The van der Waals surface area contributed by atoms with E-state index in [1.807, 2.05) is 18.2 Å². The first kappa shape index (κ1) is 13.6. The highest BCUT2D eigenvalue weighted by atomic mass is 32.2. The number of anilines is 1. The van der Waals surface area contributed by atoms with Gasteiger partial charge in [0.05, 0.1) is 0 Å². The van der Waals surface area contributed by atoms with E-state index in [2.05, 4.69) is 15.3 Å². The average Bonchev–Trinajstić information content (AvgIpc) is 2.38. The molecule has 0 aliphatic rings. The summed E-state index contributed by atoms with van der Waals surface area (Å²) in [5.74, 6) is -0.374. The number of hydrogen-bond acceptors (Lipinski definition) is 5. The summed E-state index contributed by atoms with van der Waals surface area (Å²) >= 11 is 6.35. The number of aromatic hydroxyl groups is 1. The Kier molecular flexibility index (Phi) is 4.18. The SMILES string of the molecule is CSc1nc(O)c(C(=S)Nc2ccccc2)c(=O)[nH]1. The Morgan fingerprint density at radius 1 is 1.42 bits per heavy atom. The zero-order chi connectivity index (χ0) is 13.8. The number of nitrogens with zero attached hydrogens (tertiary/aromatic N) is 1. The molecule has 0 saturated carbocycles. The van der Waals surface area contributed by atoms with Gasteiger partial charge in [-0.15, -0.1) is 0 Å². The second kappa shape index (κ2) is 5.85. The number of thioether (sulfide) groups is 1. The molecule has 19 heavy (non-hydrogen) atoms. The van der Waals surface area contributed by atoms with Crippen LogP contribution in [0.2, 0.25) is 0 Å². The highest BCUT2D eigenvalue weighted by Crippen LogP contribution is 2.16. The third kappa shape index (κ3) is 3.12. The molecule has 3 N–H and O–H groups in total. The zero-order valence-electron chi connectivity index (χ0n) is 10.0. The minimum atomic E-state index is -0.467. The molecule has 1 heterocycles. The van der Waals surface area contributed by atoms with Gasteiger partial charge < -0.3 is 15.4 Å². The lowest BCUT2D eigenvalue weighted by atomic mass is 10.2. The van der Waals surface area contributed by atoms with E-state index in [4.69, 9.17) is 12.2 Å². The van der Waals surface area contributed by atoms with Gasteiger partial charge in [0.15, 0.2) is 5.16 Å². The fourth-order valence-electron chi connectivity index (χ4n) is 1.46. The van der Waals surface area contributed by atoms with Crippen LogP contribution in [0.4, 0.5) is 5.69 Å². The van der Waals surface area contributed by atoms with Crippen LogP contribution < -0.4 is 10.9 Å². The number of rotatable bonds is 3. The molecule has 7 heteroatoms. The number of thiocarbonyl (C=S) groups is 1. The van der Waals surface area contributed by atoms with Gasteiger partial charge in [-0.2, -0.15) is 4.98 Å². The Hall–Kier alpha value is -1.86. The van der Waals surface area contributed by atoms with Gasteiger partial charge in [-0.25, -0.2) is 0 Å². The number of hydrogen-bond donors (Lipinski definition) is 3. The molecule has 2 rings (SSSR count). The zero-order valence-corrected chi connectivity index (χ0v) is 11.6. The number of aromatic nitrogens is 2. The molecule has 2 aromatic rings. The van der Waals surface area contributed by atoms with E-state index in [-0.39, 0.29) is 16.4 Å². The Bertz CT molecular complexity index is 656. The Morgan fingerprint density at radius 3 is 2.68 bits per heavy atom. The molecular formula is C12H11N3O2S2. The predicted molar refractivity (Wildman–Crippen MR) is 80.1 cm³/mol. The van der Waals surface area contributed by atoms with E-state index in [0.29, 0.717) is 5.16 Å². The predicted octanol–water partition coefficient (Wildman–Crippen LogP) is 1.98. The smallest absolute Gasteiger partial charge is 0.265 e. The maximum atomic E-state index is 11.9. The van der Waals surface area contributed by atoms with Crippen molar-refractivity contribution in [3.63, 3.8) is 0 Å². The van der Waals surface area contributed by atoms with Crippen LogP contribution in [0.25, 0.3) is 0 Å². The van der Waals surface area contributed by atoms with Crippen LogP contribution in [0, 0.1) is 0 Å². The minimum Gasteiger partial charge on any atom is -0.493 e. The molecule has 0 spiro atoms. The van der Waals surface area contributed by atoms with Crippen LogP contribution in [0.3, 0.4) is 0 Å². The van der Waals surface area contributed by atoms with Crippen molar-refractivity contribution < 1.29 is 5.11 Å². The van der Waals surface area contributed by atoms with Gasteiger partial charge in [0.2, 0.25) is 5.88 Å². The number of para-hydroxylation sites is 1. The lowest BCUT2D eigenvalue weighted by Crippen LogP contribution is -2.23. The second-order valence-corrected chi connectivity index (χ2v) is 4.80. The summed E-state index contributed by atoms with van der Waals surface area (Å²) < 4.78 is 0. The van der Waals surface area contributed by atoms with E-state index >= 15 is 0 Å². The third-order valence-corrected chi connectivity index (χ3v) is 3.22. The maximum Gasteiger partial charge on any atom is 0.265 e.